The molecule has 1 aliphatic heterocycles. The van der Waals surface area contributed by atoms with E-state index in [1.807, 2.05) is 31.2 Å². The molecule has 1 heterocycles. The lowest BCUT2D eigenvalue weighted by molar-refractivity contribution is -0.121. The Bertz CT molecular complexity index is 927. The summed E-state index contributed by atoms with van der Waals surface area (Å²) in [5.74, 6) is -0.724. The van der Waals surface area contributed by atoms with E-state index < -0.39 is 0 Å². The molecule has 1 unspecified atom stereocenters. The van der Waals surface area contributed by atoms with Crippen molar-refractivity contribution in [3.63, 3.8) is 0 Å². The van der Waals surface area contributed by atoms with Crippen molar-refractivity contribution in [2.24, 2.45) is 5.92 Å². The molecule has 1 fully saturated rings. The lowest BCUT2D eigenvalue weighted by Crippen LogP contribution is -2.43. The summed E-state index contributed by atoms with van der Waals surface area (Å²) in [6.07, 6.45) is 1.49. The summed E-state index contributed by atoms with van der Waals surface area (Å²) < 4.78 is 0.793. The van der Waals surface area contributed by atoms with E-state index in [2.05, 4.69) is 26.6 Å². The van der Waals surface area contributed by atoms with E-state index in [0.29, 0.717) is 36.4 Å². The number of carbonyl (C=O) groups is 3. The van der Waals surface area contributed by atoms with E-state index in [1.165, 1.54) is 6.92 Å². The molecule has 2 aromatic carbocycles. The summed E-state index contributed by atoms with van der Waals surface area (Å²) in [5.41, 5.74) is 2.80. The van der Waals surface area contributed by atoms with Gasteiger partial charge in [-0.05, 0) is 50.1 Å². The summed E-state index contributed by atoms with van der Waals surface area (Å²) in [4.78, 5) is 38.9. The van der Waals surface area contributed by atoms with Crippen LogP contribution in [0.25, 0.3) is 0 Å². The largest absolute Gasteiger partial charge is 0.338 e. The van der Waals surface area contributed by atoms with Crippen molar-refractivity contribution >= 4 is 45.0 Å². The molecule has 0 spiro atoms. The smallest absolute Gasteiger partial charge is 0.253 e. The Balaban J connectivity index is 1.70. The van der Waals surface area contributed by atoms with Gasteiger partial charge in [0, 0.05) is 30.0 Å². The second kappa shape index (κ2) is 9.22. The van der Waals surface area contributed by atoms with Crippen LogP contribution in [0.2, 0.25) is 0 Å². The fourth-order valence-electron chi connectivity index (χ4n) is 3.41. The molecule has 0 bridgehead atoms. The molecule has 29 heavy (non-hydrogen) atoms. The first kappa shape index (κ1) is 21.0. The van der Waals surface area contributed by atoms with Crippen LogP contribution in [-0.4, -0.2) is 35.7 Å². The molecule has 3 amide bonds. The average molecular weight is 458 g/mol. The zero-order chi connectivity index (χ0) is 21.0. The van der Waals surface area contributed by atoms with E-state index in [0.717, 1.165) is 16.5 Å². The van der Waals surface area contributed by atoms with Gasteiger partial charge in [0.25, 0.3) is 5.91 Å². The number of rotatable bonds is 4. The molecule has 0 aliphatic carbocycles. The predicted molar refractivity (Wildman–Crippen MR) is 117 cm³/mol. The maximum absolute atomic E-state index is 12.9. The number of hydrogen-bond donors (Lipinski definition) is 2. The molecule has 7 heteroatoms. The fourth-order valence-corrected chi connectivity index (χ4v) is 3.77. The van der Waals surface area contributed by atoms with E-state index in [1.54, 1.807) is 23.1 Å². The predicted octanol–water partition coefficient (Wildman–Crippen LogP) is 4.21. The monoisotopic (exact) mass is 457 g/mol. The lowest BCUT2D eigenvalue weighted by atomic mass is 9.96. The van der Waals surface area contributed by atoms with Gasteiger partial charge in [-0.3, -0.25) is 14.4 Å². The molecule has 6 nitrogen and oxygen atoms in total. The van der Waals surface area contributed by atoms with Crippen LogP contribution in [0.5, 0.6) is 0 Å². The van der Waals surface area contributed by atoms with Crippen molar-refractivity contribution in [3.8, 4) is 0 Å². The van der Waals surface area contributed by atoms with Gasteiger partial charge in [-0.1, -0.05) is 33.6 Å². The van der Waals surface area contributed by atoms with E-state index in [4.69, 9.17) is 0 Å². The minimum absolute atomic E-state index is 0.0520. The SMILES string of the molecule is CC(=O)Nc1ccc(Br)cc1NC(=O)C1CCCN(C(=O)c2ccc(C)cc2)C1. The highest BCUT2D eigenvalue weighted by Crippen LogP contribution is 2.28. The minimum atomic E-state index is -0.303. The van der Waals surface area contributed by atoms with Crippen LogP contribution in [0, 0.1) is 12.8 Å². The number of nitrogens with one attached hydrogen (secondary N) is 2. The van der Waals surface area contributed by atoms with Crippen LogP contribution in [0.15, 0.2) is 46.9 Å². The van der Waals surface area contributed by atoms with Gasteiger partial charge in [0.2, 0.25) is 11.8 Å². The Morgan fingerprint density at radius 3 is 2.45 bits per heavy atom. The number of carbonyl (C=O) groups excluding carboxylic acids is 3. The Kier molecular flexibility index (Phi) is 6.69. The summed E-state index contributed by atoms with van der Waals surface area (Å²) in [5, 5.41) is 5.63. The second-order valence-corrected chi connectivity index (χ2v) is 8.23. The van der Waals surface area contributed by atoms with Crippen LogP contribution in [0.1, 0.15) is 35.7 Å². The quantitative estimate of drug-likeness (QED) is 0.721. The number of benzene rings is 2. The van der Waals surface area contributed by atoms with E-state index in [-0.39, 0.29) is 23.6 Å². The van der Waals surface area contributed by atoms with Crippen molar-refractivity contribution in [2.45, 2.75) is 26.7 Å². The molecule has 2 aromatic rings. The van der Waals surface area contributed by atoms with E-state index in [9.17, 15) is 14.4 Å². The topological polar surface area (TPSA) is 78.5 Å². The first-order valence-corrected chi connectivity index (χ1v) is 10.4. The maximum atomic E-state index is 12.9. The number of piperidine rings is 1. The van der Waals surface area contributed by atoms with Crippen LogP contribution < -0.4 is 10.6 Å². The number of hydrogen-bond acceptors (Lipinski definition) is 3. The Morgan fingerprint density at radius 1 is 1.03 bits per heavy atom. The maximum Gasteiger partial charge on any atom is 0.253 e. The first-order chi connectivity index (χ1) is 13.8. The van der Waals surface area contributed by atoms with Crippen molar-refractivity contribution in [2.75, 3.05) is 23.7 Å². The van der Waals surface area contributed by atoms with Gasteiger partial charge in [0.1, 0.15) is 0 Å². The molecule has 1 aliphatic rings. The molecule has 152 valence electrons. The van der Waals surface area contributed by atoms with Crippen molar-refractivity contribution in [1.82, 2.24) is 4.90 Å². The van der Waals surface area contributed by atoms with Gasteiger partial charge in [0.15, 0.2) is 0 Å². The third kappa shape index (κ3) is 5.44. The van der Waals surface area contributed by atoms with Crippen LogP contribution in [0.3, 0.4) is 0 Å². The molecule has 2 N–H and O–H groups in total. The summed E-state index contributed by atoms with van der Waals surface area (Å²) in [6, 6.07) is 12.8. The third-order valence-electron chi connectivity index (χ3n) is 4.93. The van der Waals surface area contributed by atoms with Crippen molar-refractivity contribution < 1.29 is 14.4 Å². The lowest BCUT2D eigenvalue weighted by Gasteiger charge is -2.32. The highest BCUT2D eigenvalue weighted by atomic mass is 79.9. The average Bonchev–Trinajstić information content (AvgIpc) is 2.70. The number of amides is 3. The van der Waals surface area contributed by atoms with Crippen LogP contribution in [-0.2, 0) is 9.59 Å². The van der Waals surface area contributed by atoms with Gasteiger partial charge in [-0.25, -0.2) is 0 Å². The number of likely N-dealkylation sites (tertiary alicyclic amines) is 1. The number of aryl methyl sites for hydroxylation is 1. The molecule has 0 saturated carbocycles. The molecule has 3 rings (SSSR count). The summed E-state index contributed by atoms with van der Waals surface area (Å²) >= 11 is 3.39. The second-order valence-electron chi connectivity index (χ2n) is 7.32. The summed E-state index contributed by atoms with van der Waals surface area (Å²) in [6.45, 7) is 4.42. The zero-order valence-electron chi connectivity index (χ0n) is 16.5. The van der Waals surface area contributed by atoms with Crippen molar-refractivity contribution in [1.29, 1.82) is 0 Å². The minimum Gasteiger partial charge on any atom is -0.338 e. The van der Waals surface area contributed by atoms with Gasteiger partial charge in [-0.15, -0.1) is 0 Å². The van der Waals surface area contributed by atoms with Gasteiger partial charge >= 0.3 is 0 Å². The Labute approximate surface area is 178 Å². The standard InChI is InChI=1S/C22H24BrN3O3/c1-14-5-7-16(8-6-14)22(29)26-11-3-4-17(13-26)21(28)25-20-12-18(23)9-10-19(20)24-15(2)27/h5-10,12,17H,3-4,11,13H2,1-2H3,(H,24,27)(H,25,28). The normalized spacial score (nSPS) is 16.2. The highest BCUT2D eigenvalue weighted by Gasteiger charge is 2.29. The molecular formula is C22H24BrN3O3. The number of anilines is 2. The number of nitrogens with zero attached hydrogens (tertiary/aromatic N) is 1. The first-order valence-electron chi connectivity index (χ1n) is 9.57. The third-order valence-corrected chi connectivity index (χ3v) is 5.42. The van der Waals surface area contributed by atoms with Gasteiger partial charge in [0.05, 0.1) is 17.3 Å². The Morgan fingerprint density at radius 2 is 1.76 bits per heavy atom. The van der Waals surface area contributed by atoms with Gasteiger partial charge < -0.3 is 15.5 Å². The van der Waals surface area contributed by atoms with Crippen LogP contribution in [0.4, 0.5) is 11.4 Å². The summed E-state index contributed by atoms with van der Waals surface area (Å²) in [7, 11) is 0. The molecular weight excluding hydrogens is 434 g/mol. The molecule has 1 saturated heterocycles. The van der Waals surface area contributed by atoms with Crippen molar-refractivity contribution in [3.05, 3.63) is 58.1 Å². The van der Waals surface area contributed by atoms with Gasteiger partial charge in [-0.2, -0.15) is 0 Å². The molecule has 0 aromatic heterocycles. The van der Waals surface area contributed by atoms with Crippen LogP contribution >= 0.6 is 15.9 Å². The zero-order valence-corrected chi connectivity index (χ0v) is 18.1. The number of halogens is 1. The Hall–Kier alpha value is -2.67. The fraction of sp³-hybridized carbons (Fsp3) is 0.318. The van der Waals surface area contributed by atoms with E-state index >= 15 is 0 Å². The molecule has 1 atom stereocenters. The molecule has 0 radical (unpaired) electrons. The highest BCUT2D eigenvalue weighted by molar-refractivity contribution is 9.10.